The number of hydrogen-bond donors (Lipinski definition) is 2. The Morgan fingerprint density at radius 1 is 1.17 bits per heavy atom. The standard InChI is InChI=1S/C17H29N3O2S/c1-13-5-10-16(18-11-13)19-12-14-6-8-15(9-7-14)20-23(21,22)17(2,3)4/h5,10-11,14-15,20H,6-9,12H2,1-4H3,(H,18,19)/t14-,15-. The SMILES string of the molecule is Cc1ccc(NC[C@H]2CC[C@H](NS(=O)(=O)C(C)(C)C)CC2)nc1. The van der Waals surface area contributed by atoms with Gasteiger partial charge in [-0.25, -0.2) is 18.1 Å². The fourth-order valence-corrected chi connectivity index (χ4v) is 3.73. The summed E-state index contributed by atoms with van der Waals surface area (Å²) >= 11 is 0. The third-order valence-electron chi connectivity index (χ3n) is 4.46. The predicted octanol–water partition coefficient (Wildman–Crippen LogP) is 3.08. The second-order valence-electron chi connectivity index (χ2n) is 7.55. The van der Waals surface area contributed by atoms with Crippen LogP contribution in [0, 0.1) is 12.8 Å². The number of nitrogens with one attached hydrogen (secondary N) is 2. The summed E-state index contributed by atoms with van der Waals surface area (Å²) in [5, 5.41) is 3.38. The maximum absolute atomic E-state index is 12.2. The average molecular weight is 340 g/mol. The van der Waals surface area contributed by atoms with Gasteiger partial charge >= 0.3 is 0 Å². The molecule has 0 radical (unpaired) electrons. The maximum atomic E-state index is 12.2. The summed E-state index contributed by atoms with van der Waals surface area (Å²) in [5.41, 5.74) is 1.15. The number of rotatable bonds is 5. The Morgan fingerprint density at radius 3 is 2.35 bits per heavy atom. The van der Waals surface area contributed by atoms with Crippen molar-refractivity contribution in [2.75, 3.05) is 11.9 Å². The van der Waals surface area contributed by atoms with E-state index in [0.717, 1.165) is 43.6 Å². The Labute approximate surface area is 140 Å². The first-order valence-corrected chi connectivity index (χ1v) is 9.84. The van der Waals surface area contributed by atoms with Crippen LogP contribution in [-0.2, 0) is 10.0 Å². The second-order valence-corrected chi connectivity index (χ2v) is 10.0. The Kier molecular flexibility index (Phi) is 5.68. The van der Waals surface area contributed by atoms with Gasteiger partial charge in [0.1, 0.15) is 5.82 Å². The smallest absolute Gasteiger partial charge is 0.216 e. The minimum Gasteiger partial charge on any atom is -0.370 e. The average Bonchev–Trinajstić information content (AvgIpc) is 2.47. The van der Waals surface area contributed by atoms with E-state index in [0.29, 0.717) is 5.92 Å². The lowest BCUT2D eigenvalue weighted by Crippen LogP contribution is -2.46. The molecular formula is C17H29N3O2S. The number of pyridine rings is 1. The molecule has 1 heterocycles. The van der Waals surface area contributed by atoms with Crippen LogP contribution < -0.4 is 10.0 Å². The fourth-order valence-electron chi connectivity index (χ4n) is 2.70. The molecule has 1 aromatic rings. The summed E-state index contributed by atoms with van der Waals surface area (Å²) < 4.78 is 26.5. The zero-order chi connectivity index (χ0) is 17.1. The highest BCUT2D eigenvalue weighted by Gasteiger charge is 2.32. The normalized spacial score (nSPS) is 22.8. The molecule has 1 aliphatic carbocycles. The Bertz CT molecular complexity index is 598. The molecule has 0 aromatic carbocycles. The summed E-state index contributed by atoms with van der Waals surface area (Å²) in [4.78, 5) is 4.35. The molecule has 5 nitrogen and oxygen atoms in total. The third-order valence-corrected chi connectivity index (χ3v) is 6.71. The van der Waals surface area contributed by atoms with Crippen molar-refractivity contribution in [3.05, 3.63) is 23.9 Å². The highest BCUT2D eigenvalue weighted by atomic mass is 32.2. The molecule has 1 aromatic heterocycles. The molecule has 1 saturated carbocycles. The monoisotopic (exact) mass is 339 g/mol. The molecule has 2 rings (SSSR count). The molecular weight excluding hydrogens is 310 g/mol. The number of sulfonamides is 1. The van der Waals surface area contributed by atoms with Gasteiger partial charge in [0.2, 0.25) is 10.0 Å². The molecule has 0 atom stereocenters. The van der Waals surface area contributed by atoms with E-state index in [1.165, 1.54) is 0 Å². The Hall–Kier alpha value is -1.14. The number of nitrogens with zero attached hydrogens (tertiary/aromatic N) is 1. The van der Waals surface area contributed by atoms with Crippen LogP contribution in [0.1, 0.15) is 52.0 Å². The van der Waals surface area contributed by atoms with Crippen LogP contribution in [0.15, 0.2) is 18.3 Å². The van der Waals surface area contributed by atoms with Crippen molar-refractivity contribution in [2.45, 2.75) is 64.2 Å². The summed E-state index contributed by atoms with van der Waals surface area (Å²) in [6.45, 7) is 8.13. The van der Waals surface area contributed by atoms with Crippen molar-refractivity contribution in [1.29, 1.82) is 0 Å². The highest BCUT2D eigenvalue weighted by Crippen LogP contribution is 2.26. The van der Waals surface area contributed by atoms with Crippen LogP contribution in [-0.4, -0.2) is 30.7 Å². The maximum Gasteiger partial charge on any atom is 0.216 e. The zero-order valence-corrected chi connectivity index (χ0v) is 15.4. The van der Waals surface area contributed by atoms with Gasteiger partial charge in [-0.3, -0.25) is 0 Å². The van der Waals surface area contributed by atoms with Gasteiger partial charge in [-0.1, -0.05) is 6.07 Å². The zero-order valence-electron chi connectivity index (χ0n) is 14.6. The molecule has 0 unspecified atom stereocenters. The van der Waals surface area contributed by atoms with E-state index in [2.05, 4.69) is 15.0 Å². The first-order chi connectivity index (χ1) is 10.7. The van der Waals surface area contributed by atoms with Gasteiger partial charge in [0, 0.05) is 18.8 Å². The summed E-state index contributed by atoms with van der Waals surface area (Å²) in [6.07, 6.45) is 5.75. The number of hydrogen-bond acceptors (Lipinski definition) is 4. The molecule has 130 valence electrons. The van der Waals surface area contributed by atoms with Gasteiger partial charge in [0.15, 0.2) is 0 Å². The Balaban J connectivity index is 1.77. The van der Waals surface area contributed by atoms with E-state index < -0.39 is 14.8 Å². The van der Waals surface area contributed by atoms with E-state index in [4.69, 9.17) is 0 Å². The number of anilines is 1. The van der Waals surface area contributed by atoms with Gasteiger partial charge in [-0.15, -0.1) is 0 Å². The van der Waals surface area contributed by atoms with E-state index in [1.807, 2.05) is 25.3 Å². The second kappa shape index (κ2) is 7.18. The van der Waals surface area contributed by atoms with Gasteiger partial charge in [-0.2, -0.15) is 0 Å². The summed E-state index contributed by atoms with van der Waals surface area (Å²) in [6, 6.07) is 4.12. The topological polar surface area (TPSA) is 71.1 Å². The van der Waals surface area contributed by atoms with Crippen molar-refractivity contribution >= 4 is 15.8 Å². The van der Waals surface area contributed by atoms with Crippen molar-refractivity contribution < 1.29 is 8.42 Å². The molecule has 1 aliphatic rings. The molecule has 0 bridgehead atoms. The molecule has 23 heavy (non-hydrogen) atoms. The molecule has 0 amide bonds. The lowest BCUT2D eigenvalue weighted by atomic mass is 9.86. The molecule has 2 N–H and O–H groups in total. The van der Waals surface area contributed by atoms with E-state index in [1.54, 1.807) is 20.8 Å². The minimum atomic E-state index is -3.25. The summed E-state index contributed by atoms with van der Waals surface area (Å²) in [7, 11) is -3.25. The van der Waals surface area contributed by atoms with Gasteiger partial charge in [0.25, 0.3) is 0 Å². The van der Waals surface area contributed by atoms with Gasteiger partial charge in [0.05, 0.1) is 4.75 Å². The molecule has 0 spiro atoms. The minimum absolute atomic E-state index is 0.0768. The largest absolute Gasteiger partial charge is 0.370 e. The third kappa shape index (κ3) is 5.18. The Morgan fingerprint density at radius 2 is 1.83 bits per heavy atom. The number of aryl methyl sites for hydroxylation is 1. The van der Waals surface area contributed by atoms with Crippen LogP contribution in [0.2, 0.25) is 0 Å². The lowest BCUT2D eigenvalue weighted by Gasteiger charge is -2.31. The first-order valence-electron chi connectivity index (χ1n) is 8.36. The molecule has 0 aliphatic heterocycles. The number of aromatic nitrogens is 1. The van der Waals surface area contributed by atoms with Crippen molar-refractivity contribution in [3.8, 4) is 0 Å². The summed E-state index contributed by atoms with van der Waals surface area (Å²) in [5.74, 6) is 1.49. The van der Waals surface area contributed by atoms with Gasteiger partial charge < -0.3 is 5.32 Å². The molecule has 6 heteroatoms. The van der Waals surface area contributed by atoms with Crippen LogP contribution in [0.4, 0.5) is 5.82 Å². The van der Waals surface area contributed by atoms with Crippen LogP contribution in [0.25, 0.3) is 0 Å². The van der Waals surface area contributed by atoms with Gasteiger partial charge in [-0.05, 0) is 70.9 Å². The highest BCUT2D eigenvalue weighted by molar-refractivity contribution is 7.90. The van der Waals surface area contributed by atoms with Crippen LogP contribution in [0.3, 0.4) is 0 Å². The molecule has 0 saturated heterocycles. The first kappa shape index (κ1) is 18.2. The van der Waals surface area contributed by atoms with E-state index in [-0.39, 0.29) is 6.04 Å². The lowest BCUT2D eigenvalue weighted by molar-refractivity contribution is 0.322. The van der Waals surface area contributed by atoms with Crippen molar-refractivity contribution in [3.63, 3.8) is 0 Å². The fraction of sp³-hybridized carbons (Fsp3) is 0.706. The van der Waals surface area contributed by atoms with E-state index >= 15 is 0 Å². The van der Waals surface area contributed by atoms with Crippen molar-refractivity contribution in [2.24, 2.45) is 5.92 Å². The van der Waals surface area contributed by atoms with E-state index in [9.17, 15) is 8.42 Å². The molecule has 1 fully saturated rings. The predicted molar refractivity (Wildman–Crippen MR) is 95.0 cm³/mol. The quantitative estimate of drug-likeness (QED) is 0.865. The van der Waals surface area contributed by atoms with Crippen LogP contribution >= 0.6 is 0 Å². The van der Waals surface area contributed by atoms with Crippen molar-refractivity contribution in [1.82, 2.24) is 9.71 Å². The van der Waals surface area contributed by atoms with Crippen LogP contribution in [0.5, 0.6) is 0 Å².